The van der Waals surface area contributed by atoms with Gasteiger partial charge in [-0.3, -0.25) is 4.79 Å². The van der Waals surface area contributed by atoms with E-state index in [9.17, 15) is 4.79 Å². The highest BCUT2D eigenvalue weighted by Crippen LogP contribution is 2.06. The van der Waals surface area contributed by atoms with Crippen molar-refractivity contribution in [2.45, 2.75) is 0 Å². The van der Waals surface area contributed by atoms with Gasteiger partial charge in [0.05, 0.1) is 19.8 Å². The van der Waals surface area contributed by atoms with Crippen LogP contribution in [0.2, 0.25) is 0 Å². The lowest BCUT2D eigenvalue weighted by atomic mass is 10.2. The summed E-state index contributed by atoms with van der Waals surface area (Å²) in [5.41, 5.74) is 7.16. The Labute approximate surface area is 106 Å². The van der Waals surface area contributed by atoms with Crippen molar-refractivity contribution in [3.05, 3.63) is 35.9 Å². The third kappa shape index (κ3) is 6.03. The molecule has 0 aromatic heterocycles. The van der Waals surface area contributed by atoms with Crippen LogP contribution >= 0.6 is 0 Å². The van der Waals surface area contributed by atoms with E-state index in [0.717, 1.165) is 5.56 Å². The number of amides is 1. The molecule has 1 amide bonds. The summed E-state index contributed by atoms with van der Waals surface area (Å²) in [4.78, 5) is 11.4. The van der Waals surface area contributed by atoms with E-state index >= 15 is 0 Å². The zero-order valence-corrected chi connectivity index (χ0v) is 10.1. The number of aliphatic hydroxyl groups is 1. The van der Waals surface area contributed by atoms with E-state index < -0.39 is 0 Å². The van der Waals surface area contributed by atoms with Gasteiger partial charge in [0.1, 0.15) is 0 Å². The summed E-state index contributed by atoms with van der Waals surface area (Å²) in [5.74, 6) is -0.181. The Hall–Kier alpha value is -1.85. The molecule has 0 bridgehead atoms. The number of anilines is 1. The maximum atomic E-state index is 11.4. The van der Waals surface area contributed by atoms with Crippen LogP contribution in [-0.4, -0.2) is 37.4 Å². The highest BCUT2D eigenvalue weighted by Gasteiger charge is 1.94. The number of ether oxygens (including phenoxy) is 1. The Kier molecular flexibility index (Phi) is 6.53. The molecule has 0 fully saturated rings. The van der Waals surface area contributed by atoms with Gasteiger partial charge < -0.3 is 20.9 Å². The minimum atomic E-state index is -0.181. The molecule has 0 saturated heterocycles. The van der Waals surface area contributed by atoms with E-state index in [1.165, 1.54) is 6.08 Å². The van der Waals surface area contributed by atoms with Crippen molar-refractivity contribution in [1.82, 2.24) is 5.32 Å². The number of benzene rings is 1. The van der Waals surface area contributed by atoms with Crippen LogP contribution in [0.25, 0.3) is 6.08 Å². The Balaban J connectivity index is 2.25. The first-order chi connectivity index (χ1) is 8.72. The van der Waals surface area contributed by atoms with Crippen LogP contribution in [-0.2, 0) is 9.53 Å². The minimum Gasteiger partial charge on any atom is -0.399 e. The van der Waals surface area contributed by atoms with E-state index in [1.807, 2.05) is 12.1 Å². The zero-order chi connectivity index (χ0) is 13.2. The van der Waals surface area contributed by atoms with Gasteiger partial charge >= 0.3 is 0 Å². The number of nitrogens with one attached hydrogen (secondary N) is 1. The number of nitrogens with two attached hydrogens (primary N) is 1. The summed E-state index contributed by atoms with van der Waals surface area (Å²) in [6.45, 7) is 1.09. The second kappa shape index (κ2) is 8.27. The van der Waals surface area contributed by atoms with Gasteiger partial charge in [0.15, 0.2) is 0 Å². The molecule has 1 aromatic carbocycles. The van der Waals surface area contributed by atoms with E-state index in [-0.39, 0.29) is 19.1 Å². The number of hydrogen-bond donors (Lipinski definition) is 3. The van der Waals surface area contributed by atoms with Crippen molar-refractivity contribution >= 4 is 17.7 Å². The van der Waals surface area contributed by atoms with Gasteiger partial charge in [-0.05, 0) is 23.8 Å². The zero-order valence-electron chi connectivity index (χ0n) is 10.1. The molecule has 98 valence electrons. The quantitative estimate of drug-likeness (QED) is 0.372. The van der Waals surface area contributed by atoms with Gasteiger partial charge in [0.25, 0.3) is 0 Å². The molecule has 1 rings (SSSR count). The molecule has 0 aliphatic heterocycles. The van der Waals surface area contributed by atoms with Gasteiger partial charge in [-0.25, -0.2) is 0 Å². The summed E-state index contributed by atoms with van der Waals surface area (Å²) in [6.07, 6.45) is 3.17. The van der Waals surface area contributed by atoms with E-state index in [2.05, 4.69) is 5.32 Å². The number of nitrogen functional groups attached to an aromatic ring is 1. The monoisotopic (exact) mass is 250 g/mol. The van der Waals surface area contributed by atoms with E-state index in [4.69, 9.17) is 15.6 Å². The van der Waals surface area contributed by atoms with Crippen molar-refractivity contribution in [2.75, 3.05) is 32.1 Å². The average Bonchev–Trinajstić information content (AvgIpc) is 2.38. The predicted octanol–water partition coefficient (Wildman–Crippen LogP) is 0.407. The van der Waals surface area contributed by atoms with Gasteiger partial charge in [0, 0.05) is 18.3 Å². The average molecular weight is 250 g/mol. The molecule has 0 heterocycles. The summed E-state index contributed by atoms with van der Waals surface area (Å²) in [6, 6.07) is 7.23. The Bertz CT molecular complexity index is 388. The first-order valence-electron chi connectivity index (χ1n) is 5.72. The second-order valence-electron chi connectivity index (χ2n) is 3.63. The predicted molar refractivity (Wildman–Crippen MR) is 70.8 cm³/mol. The molecule has 1 aromatic rings. The van der Waals surface area contributed by atoms with Crippen molar-refractivity contribution in [1.29, 1.82) is 0 Å². The molecule has 18 heavy (non-hydrogen) atoms. The van der Waals surface area contributed by atoms with Crippen LogP contribution in [0.15, 0.2) is 30.3 Å². The molecule has 0 aliphatic carbocycles. The molecule has 5 heteroatoms. The fourth-order valence-corrected chi connectivity index (χ4v) is 1.25. The van der Waals surface area contributed by atoms with Gasteiger partial charge in [-0.1, -0.05) is 12.1 Å². The molecule has 0 saturated carbocycles. The third-order valence-electron chi connectivity index (χ3n) is 2.14. The topological polar surface area (TPSA) is 84.6 Å². The van der Waals surface area contributed by atoms with Crippen LogP contribution in [0.1, 0.15) is 5.56 Å². The highest BCUT2D eigenvalue weighted by molar-refractivity contribution is 5.91. The second-order valence-corrected chi connectivity index (χ2v) is 3.63. The van der Waals surface area contributed by atoms with Gasteiger partial charge in [-0.15, -0.1) is 0 Å². The van der Waals surface area contributed by atoms with Crippen LogP contribution in [0.3, 0.4) is 0 Å². The third-order valence-corrected chi connectivity index (χ3v) is 2.14. The molecule has 4 N–H and O–H groups in total. The number of carbonyl (C=O) groups excluding carboxylic acids is 1. The SMILES string of the molecule is Nc1ccc(/C=C/C(=O)NCCOCCO)cc1. The standard InChI is InChI=1S/C13H18N2O3/c14-12-4-1-11(2-5-12)3-6-13(17)15-7-9-18-10-8-16/h1-6,16H,7-10,14H2,(H,15,17)/b6-3+. The molecule has 0 unspecified atom stereocenters. The first-order valence-corrected chi connectivity index (χ1v) is 5.72. The van der Waals surface area contributed by atoms with Crippen LogP contribution in [0, 0.1) is 0 Å². The lowest BCUT2D eigenvalue weighted by Crippen LogP contribution is -2.25. The molecule has 0 atom stereocenters. The molecule has 0 radical (unpaired) electrons. The fourth-order valence-electron chi connectivity index (χ4n) is 1.25. The van der Waals surface area contributed by atoms with Crippen molar-refractivity contribution in [3.8, 4) is 0 Å². The molecule has 5 nitrogen and oxygen atoms in total. The highest BCUT2D eigenvalue weighted by atomic mass is 16.5. The number of hydrogen-bond acceptors (Lipinski definition) is 4. The maximum absolute atomic E-state index is 11.4. The van der Waals surface area contributed by atoms with Crippen LogP contribution < -0.4 is 11.1 Å². The van der Waals surface area contributed by atoms with Crippen molar-refractivity contribution in [3.63, 3.8) is 0 Å². The first kappa shape index (κ1) is 14.2. The number of rotatable bonds is 7. The van der Waals surface area contributed by atoms with E-state index in [0.29, 0.717) is 18.8 Å². The molecule has 0 spiro atoms. The number of aliphatic hydroxyl groups excluding tert-OH is 1. The summed E-state index contributed by atoms with van der Waals surface area (Å²) < 4.78 is 5.01. The summed E-state index contributed by atoms with van der Waals surface area (Å²) >= 11 is 0. The van der Waals surface area contributed by atoms with Crippen LogP contribution in [0.4, 0.5) is 5.69 Å². The van der Waals surface area contributed by atoms with Crippen LogP contribution in [0.5, 0.6) is 0 Å². The lowest BCUT2D eigenvalue weighted by Gasteiger charge is -2.02. The van der Waals surface area contributed by atoms with Gasteiger partial charge in [-0.2, -0.15) is 0 Å². The summed E-state index contributed by atoms with van der Waals surface area (Å²) in [5, 5.41) is 11.1. The Morgan fingerprint density at radius 2 is 2.06 bits per heavy atom. The van der Waals surface area contributed by atoms with E-state index in [1.54, 1.807) is 18.2 Å². The minimum absolute atomic E-state index is 0.00894. The molecule has 0 aliphatic rings. The molecular formula is C13H18N2O3. The summed E-state index contributed by atoms with van der Waals surface area (Å²) in [7, 11) is 0. The fraction of sp³-hybridized carbons (Fsp3) is 0.308. The normalized spacial score (nSPS) is 10.7. The smallest absolute Gasteiger partial charge is 0.244 e. The van der Waals surface area contributed by atoms with Crippen molar-refractivity contribution < 1.29 is 14.6 Å². The number of carbonyl (C=O) groups is 1. The lowest BCUT2D eigenvalue weighted by molar-refractivity contribution is -0.116. The largest absolute Gasteiger partial charge is 0.399 e. The molecular weight excluding hydrogens is 232 g/mol. The Morgan fingerprint density at radius 3 is 2.72 bits per heavy atom. The maximum Gasteiger partial charge on any atom is 0.244 e. The Morgan fingerprint density at radius 1 is 1.33 bits per heavy atom. The van der Waals surface area contributed by atoms with Gasteiger partial charge in [0.2, 0.25) is 5.91 Å². The van der Waals surface area contributed by atoms with Crippen molar-refractivity contribution in [2.24, 2.45) is 0 Å².